The van der Waals surface area contributed by atoms with Crippen molar-refractivity contribution in [3.8, 4) is 0 Å². The molecule has 0 bridgehead atoms. The van der Waals surface area contributed by atoms with E-state index < -0.39 is 0 Å². The molecular formula is C19H29N3O2. The molecular weight excluding hydrogens is 302 g/mol. The van der Waals surface area contributed by atoms with Crippen molar-refractivity contribution >= 4 is 17.5 Å². The molecule has 2 rings (SSSR count). The average Bonchev–Trinajstić information content (AvgIpc) is 2.57. The number of anilines is 1. The largest absolute Gasteiger partial charge is 0.340 e. The fourth-order valence-electron chi connectivity index (χ4n) is 3.14. The Morgan fingerprint density at radius 3 is 2.38 bits per heavy atom. The minimum Gasteiger partial charge on any atom is -0.340 e. The molecule has 1 saturated heterocycles. The minimum atomic E-state index is -0.0210. The van der Waals surface area contributed by atoms with Gasteiger partial charge in [0.25, 0.3) is 0 Å². The van der Waals surface area contributed by atoms with Gasteiger partial charge in [-0.3, -0.25) is 9.59 Å². The molecule has 24 heavy (non-hydrogen) atoms. The van der Waals surface area contributed by atoms with Crippen molar-refractivity contribution in [1.29, 1.82) is 0 Å². The zero-order chi connectivity index (χ0) is 17.7. The molecule has 132 valence electrons. The third kappa shape index (κ3) is 4.57. The topological polar surface area (TPSA) is 43.9 Å². The Labute approximate surface area is 145 Å². The van der Waals surface area contributed by atoms with Crippen molar-refractivity contribution in [2.75, 3.05) is 44.2 Å². The van der Waals surface area contributed by atoms with Crippen LogP contribution < -0.4 is 4.90 Å². The fourth-order valence-corrected chi connectivity index (χ4v) is 3.14. The van der Waals surface area contributed by atoms with Crippen LogP contribution in [-0.4, -0.2) is 60.9 Å². The number of likely N-dealkylation sites (N-methyl/N-ethyl adjacent to an activating group) is 1. The van der Waals surface area contributed by atoms with Gasteiger partial charge in [0.2, 0.25) is 11.8 Å². The molecule has 0 unspecified atom stereocenters. The van der Waals surface area contributed by atoms with Crippen molar-refractivity contribution in [2.24, 2.45) is 0 Å². The highest BCUT2D eigenvalue weighted by Crippen LogP contribution is 2.22. The Balaban J connectivity index is 1.98. The SMILES string of the molecule is CCN1CCN(C(=O)CCN(C(C)=O)c2cc(C)ccc2C)CC1. The lowest BCUT2D eigenvalue weighted by Crippen LogP contribution is -2.49. The first-order chi connectivity index (χ1) is 11.4. The van der Waals surface area contributed by atoms with Gasteiger partial charge >= 0.3 is 0 Å². The van der Waals surface area contributed by atoms with Gasteiger partial charge in [-0.1, -0.05) is 19.1 Å². The lowest BCUT2D eigenvalue weighted by Gasteiger charge is -2.34. The summed E-state index contributed by atoms with van der Waals surface area (Å²) in [4.78, 5) is 30.5. The van der Waals surface area contributed by atoms with Crippen molar-refractivity contribution in [1.82, 2.24) is 9.80 Å². The van der Waals surface area contributed by atoms with Crippen molar-refractivity contribution in [2.45, 2.75) is 34.1 Å². The van der Waals surface area contributed by atoms with Gasteiger partial charge in [0.05, 0.1) is 0 Å². The Morgan fingerprint density at radius 2 is 1.79 bits per heavy atom. The summed E-state index contributed by atoms with van der Waals surface area (Å²) in [6.07, 6.45) is 0.374. The van der Waals surface area contributed by atoms with Crippen LogP contribution in [0.4, 0.5) is 5.69 Å². The minimum absolute atomic E-state index is 0.0210. The highest BCUT2D eigenvalue weighted by molar-refractivity contribution is 5.93. The molecule has 0 aliphatic carbocycles. The number of aryl methyl sites for hydroxylation is 2. The van der Waals surface area contributed by atoms with E-state index in [2.05, 4.69) is 11.8 Å². The number of piperazine rings is 1. The van der Waals surface area contributed by atoms with E-state index in [4.69, 9.17) is 0 Å². The smallest absolute Gasteiger partial charge is 0.224 e. The predicted octanol–water partition coefficient (Wildman–Crippen LogP) is 2.21. The van der Waals surface area contributed by atoms with E-state index >= 15 is 0 Å². The van der Waals surface area contributed by atoms with Crippen LogP contribution in [0.25, 0.3) is 0 Å². The van der Waals surface area contributed by atoms with Gasteiger partial charge in [0.1, 0.15) is 0 Å². The molecule has 0 saturated carbocycles. The molecule has 0 radical (unpaired) electrons. The molecule has 5 heteroatoms. The van der Waals surface area contributed by atoms with Gasteiger partial charge in [0, 0.05) is 51.8 Å². The summed E-state index contributed by atoms with van der Waals surface area (Å²) >= 11 is 0. The van der Waals surface area contributed by atoms with E-state index in [1.165, 1.54) is 0 Å². The summed E-state index contributed by atoms with van der Waals surface area (Å²) < 4.78 is 0. The number of amides is 2. The molecule has 1 aliphatic rings. The van der Waals surface area contributed by atoms with Crippen LogP contribution in [-0.2, 0) is 9.59 Å². The molecule has 0 aromatic heterocycles. The number of hydrogen-bond acceptors (Lipinski definition) is 3. The summed E-state index contributed by atoms with van der Waals surface area (Å²) in [7, 11) is 0. The van der Waals surface area contributed by atoms with Crippen LogP contribution in [0.5, 0.6) is 0 Å². The van der Waals surface area contributed by atoms with E-state index in [9.17, 15) is 9.59 Å². The van der Waals surface area contributed by atoms with Crippen LogP contribution in [0, 0.1) is 13.8 Å². The Kier molecular flexibility index (Phi) is 6.37. The average molecular weight is 331 g/mol. The van der Waals surface area contributed by atoms with E-state index in [-0.39, 0.29) is 11.8 Å². The van der Waals surface area contributed by atoms with Gasteiger partial charge < -0.3 is 14.7 Å². The van der Waals surface area contributed by atoms with Crippen LogP contribution in [0.2, 0.25) is 0 Å². The Hall–Kier alpha value is -1.88. The Bertz CT molecular complexity index is 592. The van der Waals surface area contributed by atoms with Crippen molar-refractivity contribution < 1.29 is 9.59 Å². The third-order valence-corrected chi connectivity index (χ3v) is 4.76. The molecule has 2 amide bonds. The highest BCUT2D eigenvalue weighted by atomic mass is 16.2. The second-order valence-corrected chi connectivity index (χ2v) is 6.53. The van der Waals surface area contributed by atoms with E-state index in [0.29, 0.717) is 13.0 Å². The first kappa shape index (κ1) is 18.5. The molecule has 1 heterocycles. The van der Waals surface area contributed by atoms with Gasteiger partial charge in [-0.2, -0.15) is 0 Å². The first-order valence-electron chi connectivity index (χ1n) is 8.78. The molecule has 0 spiro atoms. The standard InChI is InChI=1S/C19H29N3O2/c1-5-20-10-12-21(13-11-20)19(24)8-9-22(17(4)23)18-14-15(2)6-7-16(18)3/h6-7,14H,5,8-13H2,1-4H3. The lowest BCUT2D eigenvalue weighted by molar-refractivity contribution is -0.132. The van der Waals surface area contributed by atoms with E-state index in [1.807, 2.05) is 36.9 Å². The number of benzene rings is 1. The molecule has 1 aromatic rings. The number of rotatable bonds is 5. The number of nitrogens with zero attached hydrogens (tertiary/aromatic N) is 3. The van der Waals surface area contributed by atoms with Gasteiger partial charge in [-0.15, -0.1) is 0 Å². The van der Waals surface area contributed by atoms with Crippen LogP contribution >= 0.6 is 0 Å². The second-order valence-electron chi connectivity index (χ2n) is 6.53. The van der Waals surface area contributed by atoms with Crippen LogP contribution in [0.3, 0.4) is 0 Å². The normalized spacial score (nSPS) is 15.4. The van der Waals surface area contributed by atoms with Crippen molar-refractivity contribution in [3.05, 3.63) is 29.3 Å². The fraction of sp³-hybridized carbons (Fsp3) is 0.579. The third-order valence-electron chi connectivity index (χ3n) is 4.76. The number of carbonyl (C=O) groups is 2. The maximum atomic E-state index is 12.5. The molecule has 0 atom stereocenters. The van der Waals surface area contributed by atoms with Gasteiger partial charge in [-0.25, -0.2) is 0 Å². The highest BCUT2D eigenvalue weighted by Gasteiger charge is 2.22. The van der Waals surface area contributed by atoms with Crippen LogP contribution in [0.15, 0.2) is 18.2 Å². The zero-order valence-corrected chi connectivity index (χ0v) is 15.3. The monoisotopic (exact) mass is 331 g/mol. The molecule has 1 aromatic carbocycles. The van der Waals surface area contributed by atoms with Crippen molar-refractivity contribution in [3.63, 3.8) is 0 Å². The second kappa shape index (κ2) is 8.29. The van der Waals surface area contributed by atoms with E-state index in [0.717, 1.165) is 49.5 Å². The molecule has 1 fully saturated rings. The number of hydrogen-bond donors (Lipinski definition) is 0. The molecule has 0 N–H and O–H groups in total. The number of carbonyl (C=O) groups excluding carboxylic acids is 2. The summed E-state index contributed by atoms with van der Waals surface area (Å²) in [5, 5.41) is 0. The molecule has 5 nitrogen and oxygen atoms in total. The summed E-state index contributed by atoms with van der Waals surface area (Å²) in [6, 6.07) is 6.07. The molecule has 1 aliphatic heterocycles. The zero-order valence-electron chi connectivity index (χ0n) is 15.3. The maximum Gasteiger partial charge on any atom is 0.224 e. The maximum absolute atomic E-state index is 12.5. The van der Waals surface area contributed by atoms with Gasteiger partial charge in [0.15, 0.2) is 0 Å². The lowest BCUT2D eigenvalue weighted by atomic mass is 10.1. The quantitative estimate of drug-likeness (QED) is 0.831. The summed E-state index contributed by atoms with van der Waals surface area (Å²) in [6.45, 7) is 12.6. The summed E-state index contributed by atoms with van der Waals surface area (Å²) in [5.74, 6) is 0.120. The first-order valence-corrected chi connectivity index (χ1v) is 8.78. The predicted molar refractivity (Wildman–Crippen MR) is 97.3 cm³/mol. The summed E-state index contributed by atoms with van der Waals surface area (Å²) in [5.41, 5.74) is 3.08. The van der Waals surface area contributed by atoms with E-state index in [1.54, 1.807) is 11.8 Å². The van der Waals surface area contributed by atoms with Crippen LogP contribution in [0.1, 0.15) is 31.4 Å². The Morgan fingerprint density at radius 1 is 1.12 bits per heavy atom. The van der Waals surface area contributed by atoms with Gasteiger partial charge in [-0.05, 0) is 37.6 Å².